The van der Waals surface area contributed by atoms with Crippen LogP contribution in [0.2, 0.25) is 0 Å². The van der Waals surface area contributed by atoms with Gasteiger partial charge in [-0.15, -0.1) is 0 Å². The lowest BCUT2D eigenvalue weighted by Gasteiger charge is -2.06. The van der Waals surface area contributed by atoms with Crippen LogP contribution in [0.4, 0.5) is 16.2 Å². The summed E-state index contributed by atoms with van der Waals surface area (Å²) >= 11 is 0. The summed E-state index contributed by atoms with van der Waals surface area (Å²) < 4.78 is 1.72. The molecule has 2 aromatic rings. The maximum atomic E-state index is 11.8. The number of hydrogen-bond acceptors (Lipinski definition) is 3. The second kappa shape index (κ2) is 6.01. The Morgan fingerprint density at radius 3 is 2.35 bits per heavy atom. The van der Waals surface area contributed by atoms with Gasteiger partial charge in [0.25, 0.3) is 0 Å². The largest absolute Gasteiger partial charge is 0.323 e. The fourth-order valence-electron chi connectivity index (χ4n) is 1.68. The highest BCUT2D eigenvalue weighted by molar-refractivity contribution is 6.00. The summed E-state index contributed by atoms with van der Waals surface area (Å²) in [5.41, 5.74) is 1.86. The molecule has 104 valence electrons. The van der Waals surface area contributed by atoms with Gasteiger partial charge in [-0.1, -0.05) is 0 Å². The van der Waals surface area contributed by atoms with Gasteiger partial charge in [0, 0.05) is 24.0 Å². The average molecular weight is 272 g/mol. The van der Waals surface area contributed by atoms with Crippen molar-refractivity contribution < 1.29 is 9.59 Å². The van der Waals surface area contributed by atoms with Crippen molar-refractivity contribution in [3.8, 4) is 0 Å². The zero-order valence-electron chi connectivity index (χ0n) is 11.4. The molecule has 20 heavy (non-hydrogen) atoms. The SMILES string of the molecule is CCn1cc(NC(=O)Nc2ccc(C(C)=O)cc2)cn1. The van der Waals surface area contributed by atoms with E-state index in [0.29, 0.717) is 16.9 Å². The van der Waals surface area contributed by atoms with E-state index in [1.54, 1.807) is 41.3 Å². The molecule has 2 amide bonds. The molecule has 0 aliphatic heterocycles. The number of urea groups is 1. The number of ketones is 1. The minimum Gasteiger partial charge on any atom is -0.308 e. The Balaban J connectivity index is 1.95. The molecule has 0 unspecified atom stereocenters. The van der Waals surface area contributed by atoms with Crippen molar-refractivity contribution in [1.82, 2.24) is 9.78 Å². The molecule has 2 N–H and O–H groups in total. The van der Waals surface area contributed by atoms with Gasteiger partial charge in [0.2, 0.25) is 0 Å². The van der Waals surface area contributed by atoms with Gasteiger partial charge in [-0.3, -0.25) is 9.48 Å². The van der Waals surface area contributed by atoms with Gasteiger partial charge in [0.05, 0.1) is 11.9 Å². The lowest BCUT2D eigenvalue weighted by molar-refractivity contribution is 0.101. The van der Waals surface area contributed by atoms with Crippen LogP contribution in [0.15, 0.2) is 36.7 Å². The Kier molecular flexibility index (Phi) is 4.14. The van der Waals surface area contributed by atoms with E-state index in [-0.39, 0.29) is 11.8 Å². The molecule has 0 saturated heterocycles. The van der Waals surface area contributed by atoms with E-state index in [9.17, 15) is 9.59 Å². The molecule has 0 aliphatic rings. The number of aromatic nitrogens is 2. The number of aryl methyl sites for hydroxylation is 1. The molecule has 6 nitrogen and oxygen atoms in total. The third kappa shape index (κ3) is 3.44. The van der Waals surface area contributed by atoms with E-state index in [4.69, 9.17) is 0 Å². The molecule has 2 rings (SSSR count). The van der Waals surface area contributed by atoms with Crippen molar-refractivity contribution in [2.24, 2.45) is 0 Å². The van der Waals surface area contributed by atoms with Crippen LogP contribution < -0.4 is 10.6 Å². The molecule has 1 heterocycles. The Morgan fingerprint density at radius 2 is 1.80 bits per heavy atom. The molecule has 0 aliphatic carbocycles. The number of anilines is 2. The normalized spacial score (nSPS) is 10.1. The molecule has 1 aromatic heterocycles. The first-order valence-corrected chi connectivity index (χ1v) is 6.30. The maximum Gasteiger partial charge on any atom is 0.323 e. The lowest BCUT2D eigenvalue weighted by Crippen LogP contribution is -2.19. The van der Waals surface area contributed by atoms with Crippen LogP contribution in [-0.4, -0.2) is 21.6 Å². The summed E-state index contributed by atoms with van der Waals surface area (Å²) in [7, 11) is 0. The van der Waals surface area contributed by atoms with Crippen LogP contribution in [0.3, 0.4) is 0 Å². The smallest absolute Gasteiger partial charge is 0.308 e. The molecule has 0 radical (unpaired) electrons. The standard InChI is InChI=1S/C14H16N4O2/c1-3-18-9-13(8-15-18)17-14(20)16-12-6-4-11(5-7-12)10(2)19/h4-9H,3H2,1-2H3,(H2,16,17,20). The zero-order valence-corrected chi connectivity index (χ0v) is 11.4. The Hall–Kier alpha value is -2.63. The summed E-state index contributed by atoms with van der Waals surface area (Å²) in [5.74, 6) is -0.00650. The molecule has 0 atom stereocenters. The Bertz CT molecular complexity index is 616. The number of carbonyl (C=O) groups excluding carboxylic acids is 2. The second-order valence-corrected chi connectivity index (χ2v) is 4.30. The van der Waals surface area contributed by atoms with Crippen LogP contribution >= 0.6 is 0 Å². The van der Waals surface area contributed by atoms with Gasteiger partial charge >= 0.3 is 6.03 Å². The number of nitrogens with one attached hydrogen (secondary N) is 2. The van der Waals surface area contributed by atoms with Gasteiger partial charge in [-0.25, -0.2) is 4.79 Å². The number of benzene rings is 1. The Morgan fingerprint density at radius 1 is 1.15 bits per heavy atom. The highest BCUT2D eigenvalue weighted by Gasteiger charge is 2.05. The number of Topliss-reactive ketones (excluding diaryl/α,β-unsaturated/α-hetero) is 1. The Labute approximate surface area is 116 Å². The van der Waals surface area contributed by atoms with Gasteiger partial charge in [0.1, 0.15) is 0 Å². The summed E-state index contributed by atoms with van der Waals surface area (Å²) in [6, 6.07) is 6.37. The van der Waals surface area contributed by atoms with Gasteiger partial charge in [-0.2, -0.15) is 5.10 Å². The van der Waals surface area contributed by atoms with Crippen molar-refractivity contribution >= 4 is 23.2 Å². The molecule has 1 aromatic carbocycles. The van der Waals surface area contributed by atoms with Crippen LogP contribution in [0.1, 0.15) is 24.2 Å². The highest BCUT2D eigenvalue weighted by Crippen LogP contribution is 2.11. The zero-order chi connectivity index (χ0) is 14.5. The van der Waals surface area contributed by atoms with Crippen LogP contribution in [-0.2, 0) is 6.54 Å². The number of hydrogen-bond donors (Lipinski definition) is 2. The lowest BCUT2D eigenvalue weighted by atomic mass is 10.1. The third-order valence-corrected chi connectivity index (χ3v) is 2.76. The predicted octanol–water partition coefficient (Wildman–Crippen LogP) is 2.75. The fourth-order valence-corrected chi connectivity index (χ4v) is 1.68. The van der Waals surface area contributed by atoms with E-state index in [2.05, 4.69) is 15.7 Å². The average Bonchev–Trinajstić information content (AvgIpc) is 2.86. The molecule has 0 fully saturated rings. The van der Waals surface area contributed by atoms with Gasteiger partial charge < -0.3 is 10.6 Å². The molecule has 0 spiro atoms. The molecule has 0 bridgehead atoms. The van der Waals surface area contributed by atoms with E-state index < -0.39 is 0 Å². The molecule has 6 heteroatoms. The minimum atomic E-state index is -0.351. The van der Waals surface area contributed by atoms with Crippen molar-refractivity contribution in [1.29, 1.82) is 0 Å². The highest BCUT2D eigenvalue weighted by atomic mass is 16.2. The van der Waals surface area contributed by atoms with E-state index in [0.717, 1.165) is 6.54 Å². The fraction of sp³-hybridized carbons (Fsp3) is 0.214. The van der Waals surface area contributed by atoms with Crippen LogP contribution in [0.5, 0.6) is 0 Å². The molecule has 0 saturated carbocycles. The van der Waals surface area contributed by atoms with Gasteiger partial charge in [-0.05, 0) is 38.1 Å². The number of carbonyl (C=O) groups is 2. The molecular weight excluding hydrogens is 256 g/mol. The first kappa shape index (κ1) is 13.8. The first-order chi connectivity index (χ1) is 9.58. The van der Waals surface area contributed by atoms with Crippen LogP contribution in [0, 0.1) is 0 Å². The van der Waals surface area contributed by atoms with Crippen molar-refractivity contribution in [2.45, 2.75) is 20.4 Å². The summed E-state index contributed by atoms with van der Waals surface area (Å²) in [5, 5.41) is 9.43. The van der Waals surface area contributed by atoms with Crippen LogP contribution in [0.25, 0.3) is 0 Å². The minimum absolute atomic E-state index is 0.00650. The predicted molar refractivity (Wildman–Crippen MR) is 77.0 cm³/mol. The van der Waals surface area contributed by atoms with E-state index >= 15 is 0 Å². The third-order valence-electron chi connectivity index (χ3n) is 2.76. The van der Waals surface area contributed by atoms with Crippen molar-refractivity contribution in [2.75, 3.05) is 10.6 Å². The number of amides is 2. The second-order valence-electron chi connectivity index (χ2n) is 4.30. The summed E-state index contributed by atoms with van der Waals surface area (Å²) in [6.45, 7) is 4.21. The number of rotatable bonds is 4. The van der Waals surface area contributed by atoms with E-state index in [1.807, 2.05) is 6.92 Å². The maximum absolute atomic E-state index is 11.8. The molecular formula is C14H16N4O2. The van der Waals surface area contributed by atoms with E-state index in [1.165, 1.54) is 6.92 Å². The van der Waals surface area contributed by atoms with Crippen molar-refractivity contribution in [3.05, 3.63) is 42.2 Å². The summed E-state index contributed by atoms with van der Waals surface area (Å²) in [4.78, 5) is 22.9. The van der Waals surface area contributed by atoms with Gasteiger partial charge in [0.15, 0.2) is 5.78 Å². The topological polar surface area (TPSA) is 76.0 Å². The number of nitrogens with zero attached hydrogens (tertiary/aromatic N) is 2. The first-order valence-electron chi connectivity index (χ1n) is 6.30. The van der Waals surface area contributed by atoms with Crippen molar-refractivity contribution in [3.63, 3.8) is 0 Å². The quantitative estimate of drug-likeness (QED) is 0.840. The summed E-state index contributed by atoms with van der Waals surface area (Å²) in [6.07, 6.45) is 3.33. The monoisotopic (exact) mass is 272 g/mol.